The van der Waals surface area contributed by atoms with Crippen LogP contribution in [0.2, 0.25) is 0 Å². The van der Waals surface area contributed by atoms with Gasteiger partial charge in [-0.05, 0) is 25.3 Å². The third-order valence-electron chi connectivity index (χ3n) is 4.76. The molecule has 3 rings (SSSR count). The molecule has 1 heterocycles. The fraction of sp³-hybridized carbons (Fsp3) is 0.526. The van der Waals surface area contributed by atoms with E-state index < -0.39 is 11.8 Å². The van der Waals surface area contributed by atoms with Gasteiger partial charge >= 0.3 is 11.8 Å². The minimum Gasteiger partial charge on any atom is -0.353 e. The summed E-state index contributed by atoms with van der Waals surface area (Å²) in [5, 5.41) is 2.94. The second-order valence-corrected chi connectivity index (χ2v) is 7.15. The van der Waals surface area contributed by atoms with Crippen molar-refractivity contribution in [3.63, 3.8) is 0 Å². The number of aryl methyl sites for hydroxylation is 1. The fourth-order valence-corrected chi connectivity index (χ4v) is 2.94. The van der Waals surface area contributed by atoms with Gasteiger partial charge in [0.2, 0.25) is 5.91 Å². The van der Waals surface area contributed by atoms with E-state index in [1.165, 1.54) is 4.90 Å². The van der Waals surface area contributed by atoms with Gasteiger partial charge in [-0.15, -0.1) is 0 Å². The second-order valence-electron chi connectivity index (χ2n) is 7.15. The number of nitrogens with one attached hydrogen (secondary N) is 1. The van der Waals surface area contributed by atoms with Crippen LogP contribution in [0.5, 0.6) is 0 Å². The van der Waals surface area contributed by atoms with Crippen LogP contribution in [-0.2, 0) is 20.9 Å². The smallest absolute Gasteiger partial charge is 0.312 e. The molecule has 25 heavy (non-hydrogen) atoms. The van der Waals surface area contributed by atoms with Gasteiger partial charge in [0.15, 0.2) is 0 Å². The van der Waals surface area contributed by atoms with Crippen molar-refractivity contribution in [2.75, 3.05) is 19.6 Å². The van der Waals surface area contributed by atoms with E-state index in [0.29, 0.717) is 32.2 Å². The van der Waals surface area contributed by atoms with Crippen molar-refractivity contribution in [1.29, 1.82) is 0 Å². The standard InChI is InChI=1S/C19H25N3O3/c1-13-3-5-15(6-4-13)12-22-10-9-21(18(24)19(22)25)11-14(2)17(23)20-16-7-8-16/h3-6,14,16H,7-12H2,1-2H3,(H,20,23). The molecule has 1 aromatic rings. The molecular formula is C19H25N3O3. The van der Waals surface area contributed by atoms with Crippen LogP contribution < -0.4 is 5.32 Å². The molecule has 1 saturated heterocycles. The van der Waals surface area contributed by atoms with E-state index in [1.54, 1.807) is 11.8 Å². The molecule has 3 amide bonds. The normalized spacial score (nSPS) is 19.1. The highest BCUT2D eigenvalue weighted by Gasteiger charge is 2.34. The largest absolute Gasteiger partial charge is 0.353 e. The Morgan fingerprint density at radius 2 is 1.72 bits per heavy atom. The van der Waals surface area contributed by atoms with Gasteiger partial charge in [0.1, 0.15) is 0 Å². The van der Waals surface area contributed by atoms with Crippen LogP contribution in [0.3, 0.4) is 0 Å². The Bertz CT molecular complexity index is 667. The quantitative estimate of drug-likeness (QED) is 0.786. The maximum atomic E-state index is 12.4. The molecule has 1 aliphatic heterocycles. The van der Waals surface area contributed by atoms with Gasteiger partial charge in [-0.1, -0.05) is 36.8 Å². The Hall–Kier alpha value is -2.37. The van der Waals surface area contributed by atoms with Gasteiger partial charge in [-0.25, -0.2) is 0 Å². The molecule has 1 N–H and O–H groups in total. The first-order valence-electron chi connectivity index (χ1n) is 8.88. The first kappa shape index (κ1) is 17.5. The van der Waals surface area contributed by atoms with Crippen LogP contribution >= 0.6 is 0 Å². The Balaban J connectivity index is 1.54. The first-order valence-corrected chi connectivity index (χ1v) is 8.88. The minimum absolute atomic E-state index is 0.0372. The Morgan fingerprint density at radius 1 is 1.12 bits per heavy atom. The summed E-state index contributed by atoms with van der Waals surface area (Å²) in [6.07, 6.45) is 2.07. The molecule has 2 fully saturated rings. The lowest BCUT2D eigenvalue weighted by Gasteiger charge is -2.34. The maximum Gasteiger partial charge on any atom is 0.312 e. The molecule has 0 bridgehead atoms. The van der Waals surface area contributed by atoms with Crippen molar-refractivity contribution < 1.29 is 14.4 Å². The molecule has 1 unspecified atom stereocenters. The summed E-state index contributed by atoms with van der Waals surface area (Å²) in [5.74, 6) is -1.34. The van der Waals surface area contributed by atoms with E-state index in [2.05, 4.69) is 5.32 Å². The molecule has 1 saturated carbocycles. The Kier molecular flexibility index (Phi) is 5.06. The summed E-state index contributed by atoms with van der Waals surface area (Å²) < 4.78 is 0. The van der Waals surface area contributed by atoms with Crippen LogP contribution in [0.15, 0.2) is 24.3 Å². The summed E-state index contributed by atoms with van der Waals surface area (Å²) in [4.78, 5) is 39.9. The predicted molar refractivity (Wildman–Crippen MR) is 93.5 cm³/mol. The van der Waals surface area contributed by atoms with Gasteiger partial charge in [0.05, 0.1) is 5.92 Å². The third kappa shape index (κ3) is 4.38. The number of carbonyl (C=O) groups excluding carboxylic acids is 3. The highest BCUT2D eigenvalue weighted by Crippen LogP contribution is 2.19. The van der Waals surface area contributed by atoms with Crippen molar-refractivity contribution in [2.45, 2.75) is 39.3 Å². The van der Waals surface area contributed by atoms with Gasteiger partial charge < -0.3 is 15.1 Å². The summed E-state index contributed by atoms with van der Waals surface area (Å²) >= 11 is 0. The number of piperazine rings is 1. The van der Waals surface area contributed by atoms with Crippen molar-refractivity contribution in [1.82, 2.24) is 15.1 Å². The summed E-state index contributed by atoms with van der Waals surface area (Å²) in [7, 11) is 0. The van der Waals surface area contributed by atoms with Crippen molar-refractivity contribution in [2.24, 2.45) is 5.92 Å². The van der Waals surface area contributed by atoms with Gasteiger partial charge in [0, 0.05) is 32.2 Å². The molecule has 0 spiro atoms. The summed E-state index contributed by atoms with van der Waals surface area (Å²) in [6, 6.07) is 8.25. The number of hydrogen-bond donors (Lipinski definition) is 1. The molecule has 134 valence electrons. The lowest BCUT2D eigenvalue weighted by molar-refractivity contribution is -0.157. The van der Waals surface area contributed by atoms with E-state index in [-0.39, 0.29) is 11.8 Å². The zero-order valence-corrected chi connectivity index (χ0v) is 14.8. The van der Waals surface area contributed by atoms with Crippen molar-refractivity contribution in [3.8, 4) is 0 Å². The fourth-order valence-electron chi connectivity index (χ4n) is 2.94. The van der Waals surface area contributed by atoms with E-state index >= 15 is 0 Å². The maximum absolute atomic E-state index is 12.4. The zero-order chi connectivity index (χ0) is 18.0. The predicted octanol–water partition coefficient (Wildman–Crippen LogP) is 1.08. The average Bonchev–Trinajstić information content (AvgIpc) is 3.40. The highest BCUT2D eigenvalue weighted by molar-refractivity contribution is 6.35. The van der Waals surface area contributed by atoms with Crippen LogP contribution in [0, 0.1) is 12.8 Å². The summed E-state index contributed by atoms with van der Waals surface area (Å²) in [5.41, 5.74) is 2.17. The van der Waals surface area contributed by atoms with Crippen LogP contribution in [-0.4, -0.2) is 53.2 Å². The number of rotatable bonds is 6. The highest BCUT2D eigenvalue weighted by atomic mass is 16.2. The van der Waals surface area contributed by atoms with E-state index in [0.717, 1.165) is 24.0 Å². The number of carbonyl (C=O) groups is 3. The number of amides is 3. The van der Waals surface area contributed by atoms with E-state index in [9.17, 15) is 14.4 Å². The number of hydrogen-bond acceptors (Lipinski definition) is 3. The topological polar surface area (TPSA) is 69.7 Å². The molecule has 2 aliphatic rings. The van der Waals surface area contributed by atoms with Crippen LogP contribution in [0.4, 0.5) is 0 Å². The SMILES string of the molecule is Cc1ccc(CN2CCN(CC(C)C(=O)NC3CC3)C(=O)C2=O)cc1. The van der Waals surface area contributed by atoms with Gasteiger partial charge in [-0.2, -0.15) is 0 Å². The number of benzene rings is 1. The molecule has 0 radical (unpaired) electrons. The average molecular weight is 343 g/mol. The molecule has 1 aliphatic carbocycles. The van der Waals surface area contributed by atoms with Crippen LogP contribution in [0.1, 0.15) is 30.9 Å². The molecule has 1 aromatic carbocycles. The van der Waals surface area contributed by atoms with Gasteiger partial charge in [0.25, 0.3) is 0 Å². The Labute approximate surface area is 148 Å². The lowest BCUT2D eigenvalue weighted by Crippen LogP contribution is -2.55. The molecule has 0 aromatic heterocycles. The molecular weight excluding hydrogens is 318 g/mol. The molecule has 1 atom stereocenters. The molecule has 6 heteroatoms. The van der Waals surface area contributed by atoms with Crippen LogP contribution in [0.25, 0.3) is 0 Å². The third-order valence-corrected chi connectivity index (χ3v) is 4.76. The molecule has 6 nitrogen and oxygen atoms in total. The monoisotopic (exact) mass is 343 g/mol. The summed E-state index contributed by atoms with van der Waals surface area (Å²) in [6.45, 7) is 5.51. The van der Waals surface area contributed by atoms with E-state index in [1.807, 2.05) is 31.2 Å². The zero-order valence-electron chi connectivity index (χ0n) is 14.8. The lowest BCUT2D eigenvalue weighted by atomic mass is 10.1. The number of nitrogens with zero attached hydrogens (tertiary/aromatic N) is 2. The van der Waals surface area contributed by atoms with Gasteiger partial charge in [-0.3, -0.25) is 14.4 Å². The van der Waals surface area contributed by atoms with Crippen molar-refractivity contribution in [3.05, 3.63) is 35.4 Å². The van der Waals surface area contributed by atoms with E-state index in [4.69, 9.17) is 0 Å². The second kappa shape index (κ2) is 7.25. The minimum atomic E-state index is -0.510. The van der Waals surface area contributed by atoms with Crippen molar-refractivity contribution >= 4 is 17.7 Å². The Morgan fingerprint density at radius 3 is 2.36 bits per heavy atom. The first-order chi connectivity index (χ1) is 11.9.